The van der Waals surface area contributed by atoms with Crippen LogP contribution in [0.3, 0.4) is 0 Å². The van der Waals surface area contributed by atoms with Crippen LogP contribution in [-0.4, -0.2) is 25.7 Å². The predicted molar refractivity (Wildman–Crippen MR) is 71.7 cm³/mol. The Hall–Kier alpha value is -1.06. The highest BCUT2D eigenvalue weighted by Gasteiger charge is 2.34. The predicted octanol–water partition coefficient (Wildman–Crippen LogP) is 1.91. The third-order valence-electron chi connectivity index (χ3n) is 4.47. The molecule has 1 aromatic rings. The highest BCUT2D eigenvalue weighted by atomic mass is 16.5. The molecule has 1 atom stereocenters. The first-order valence-corrected chi connectivity index (χ1v) is 7.08. The van der Waals surface area contributed by atoms with Crippen LogP contribution in [0.4, 0.5) is 5.69 Å². The van der Waals surface area contributed by atoms with Crippen LogP contribution in [-0.2, 0) is 18.0 Å². The number of rotatable bonds is 2. The van der Waals surface area contributed by atoms with Crippen molar-refractivity contribution >= 4 is 5.69 Å². The van der Waals surface area contributed by atoms with Crippen LogP contribution >= 0.6 is 0 Å². The lowest BCUT2D eigenvalue weighted by atomic mass is 10.1. The molecule has 1 saturated heterocycles. The summed E-state index contributed by atoms with van der Waals surface area (Å²) in [5, 5.41) is 3.67. The summed E-state index contributed by atoms with van der Waals surface area (Å²) in [6.45, 7) is 5.01. The number of piperazine rings is 1. The Labute approximate surface area is 108 Å². The topological polar surface area (TPSA) is 24.5 Å². The number of benzene rings is 1. The minimum absolute atomic E-state index is 0.711. The molecule has 96 valence electrons. The van der Waals surface area contributed by atoms with Crippen LogP contribution in [0.15, 0.2) is 18.2 Å². The van der Waals surface area contributed by atoms with E-state index >= 15 is 0 Å². The van der Waals surface area contributed by atoms with E-state index in [9.17, 15) is 0 Å². The van der Waals surface area contributed by atoms with Gasteiger partial charge in [-0.05, 0) is 42.0 Å². The van der Waals surface area contributed by atoms with E-state index in [1.165, 1.54) is 36.2 Å². The van der Waals surface area contributed by atoms with Crippen LogP contribution in [0, 0.1) is 5.92 Å². The van der Waals surface area contributed by atoms with Crippen LogP contribution in [0.5, 0.6) is 0 Å². The molecule has 2 aliphatic heterocycles. The van der Waals surface area contributed by atoms with Gasteiger partial charge in [0.05, 0.1) is 13.2 Å². The summed E-state index contributed by atoms with van der Waals surface area (Å²) in [5.74, 6) is 0.936. The number of nitrogens with one attached hydrogen (secondary N) is 1. The van der Waals surface area contributed by atoms with Gasteiger partial charge in [-0.1, -0.05) is 6.07 Å². The van der Waals surface area contributed by atoms with E-state index in [4.69, 9.17) is 4.74 Å². The largest absolute Gasteiger partial charge is 0.372 e. The highest BCUT2D eigenvalue weighted by molar-refractivity contribution is 5.52. The van der Waals surface area contributed by atoms with Crippen LogP contribution in [0.2, 0.25) is 0 Å². The summed E-state index contributed by atoms with van der Waals surface area (Å²) >= 11 is 0. The van der Waals surface area contributed by atoms with Crippen molar-refractivity contribution in [3.05, 3.63) is 29.3 Å². The lowest BCUT2D eigenvalue weighted by molar-refractivity contribution is 0.134. The van der Waals surface area contributed by atoms with Gasteiger partial charge in [-0.3, -0.25) is 0 Å². The second kappa shape index (κ2) is 4.25. The van der Waals surface area contributed by atoms with Gasteiger partial charge in [0.1, 0.15) is 0 Å². The van der Waals surface area contributed by atoms with E-state index in [1.54, 1.807) is 0 Å². The summed E-state index contributed by atoms with van der Waals surface area (Å²) in [7, 11) is 0. The monoisotopic (exact) mass is 244 g/mol. The first-order chi connectivity index (χ1) is 8.90. The standard InChI is InChI=1S/C15H20N2O/c1-2-11(1)15-8-17(6-5-16-15)14-4-3-12-9-18-10-13(12)7-14/h3-4,7,11,15-16H,1-2,5-6,8-10H2. The van der Waals surface area contributed by atoms with Crippen LogP contribution in [0.25, 0.3) is 0 Å². The molecule has 1 unspecified atom stereocenters. The second-order valence-corrected chi connectivity index (χ2v) is 5.79. The molecule has 1 aromatic carbocycles. The zero-order valence-electron chi connectivity index (χ0n) is 10.7. The normalized spacial score (nSPS) is 27.3. The lowest BCUT2D eigenvalue weighted by Crippen LogP contribution is -2.51. The number of anilines is 1. The van der Waals surface area contributed by atoms with Gasteiger partial charge in [0, 0.05) is 31.4 Å². The maximum atomic E-state index is 5.50. The molecule has 0 spiro atoms. The first-order valence-electron chi connectivity index (χ1n) is 7.08. The fourth-order valence-corrected chi connectivity index (χ4v) is 3.18. The molecule has 0 bridgehead atoms. The zero-order chi connectivity index (χ0) is 11.9. The van der Waals surface area contributed by atoms with Crippen molar-refractivity contribution in [1.29, 1.82) is 0 Å². The van der Waals surface area contributed by atoms with Gasteiger partial charge in [0.2, 0.25) is 0 Å². The summed E-state index contributed by atoms with van der Waals surface area (Å²) < 4.78 is 5.50. The van der Waals surface area contributed by atoms with E-state index < -0.39 is 0 Å². The van der Waals surface area contributed by atoms with Crippen molar-refractivity contribution in [2.75, 3.05) is 24.5 Å². The minimum Gasteiger partial charge on any atom is -0.372 e. The molecule has 3 aliphatic rings. The number of hydrogen-bond acceptors (Lipinski definition) is 3. The average molecular weight is 244 g/mol. The summed E-state index contributed by atoms with van der Waals surface area (Å²) in [4.78, 5) is 2.54. The molecule has 1 aliphatic carbocycles. The van der Waals surface area contributed by atoms with Crippen molar-refractivity contribution in [1.82, 2.24) is 5.32 Å². The highest BCUT2D eigenvalue weighted by Crippen LogP contribution is 2.35. The zero-order valence-corrected chi connectivity index (χ0v) is 10.7. The molecule has 3 nitrogen and oxygen atoms in total. The van der Waals surface area contributed by atoms with Crippen molar-refractivity contribution in [2.45, 2.75) is 32.1 Å². The molecule has 3 heteroatoms. The Kier molecular flexibility index (Phi) is 2.55. The SMILES string of the molecule is c1cc2c(cc1N1CCNC(C3CC3)C1)COC2. The Bertz CT molecular complexity index is 456. The fourth-order valence-electron chi connectivity index (χ4n) is 3.18. The number of fused-ring (bicyclic) bond motifs is 1. The van der Waals surface area contributed by atoms with Crippen molar-refractivity contribution < 1.29 is 4.74 Å². The van der Waals surface area contributed by atoms with Crippen molar-refractivity contribution in [3.8, 4) is 0 Å². The summed E-state index contributed by atoms with van der Waals surface area (Å²) in [6, 6.07) is 7.55. The Morgan fingerprint density at radius 1 is 1.17 bits per heavy atom. The van der Waals surface area contributed by atoms with E-state index in [1.807, 2.05) is 0 Å². The number of hydrogen-bond donors (Lipinski definition) is 1. The maximum absolute atomic E-state index is 5.50. The van der Waals surface area contributed by atoms with E-state index in [2.05, 4.69) is 28.4 Å². The van der Waals surface area contributed by atoms with Gasteiger partial charge in [0.25, 0.3) is 0 Å². The summed E-state index contributed by atoms with van der Waals surface area (Å²) in [6.07, 6.45) is 2.84. The van der Waals surface area contributed by atoms with E-state index in [-0.39, 0.29) is 0 Å². The van der Waals surface area contributed by atoms with Gasteiger partial charge < -0.3 is 15.0 Å². The molecule has 4 rings (SSSR count). The van der Waals surface area contributed by atoms with Crippen LogP contribution < -0.4 is 10.2 Å². The maximum Gasteiger partial charge on any atom is 0.0725 e. The third kappa shape index (κ3) is 1.91. The van der Waals surface area contributed by atoms with Gasteiger partial charge >= 0.3 is 0 Å². The van der Waals surface area contributed by atoms with Crippen molar-refractivity contribution in [2.24, 2.45) is 5.92 Å². The molecule has 0 radical (unpaired) electrons. The van der Waals surface area contributed by atoms with Gasteiger partial charge in [0.15, 0.2) is 0 Å². The molecule has 2 heterocycles. The number of ether oxygens (including phenoxy) is 1. The lowest BCUT2D eigenvalue weighted by Gasteiger charge is -2.35. The quantitative estimate of drug-likeness (QED) is 0.860. The van der Waals surface area contributed by atoms with Gasteiger partial charge in [-0.15, -0.1) is 0 Å². The van der Waals surface area contributed by atoms with Gasteiger partial charge in [-0.2, -0.15) is 0 Å². The molecular formula is C15H20N2O. The molecular weight excluding hydrogens is 224 g/mol. The van der Waals surface area contributed by atoms with Crippen molar-refractivity contribution in [3.63, 3.8) is 0 Å². The fraction of sp³-hybridized carbons (Fsp3) is 0.600. The van der Waals surface area contributed by atoms with E-state index in [0.29, 0.717) is 6.04 Å². The summed E-state index contributed by atoms with van der Waals surface area (Å²) in [5.41, 5.74) is 4.13. The second-order valence-electron chi connectivity index (χ2n) is 5.79. The molecule has 18 heavy (non-hydrogen) atoms. The molecule has 1 N–H and O–H groups in total. The Morgan fingerprint density at radius 2 is 2.06 bits per heavy atom. The first kappa shape index (κ1) is 10.8. The number of nitrogens with zero attached hydrogens (tertiary/aromatic N) is 1. The Balaban J connectivity index is 1.54. The average Bonchev–Trinajstić information content (AvgIpc) is 3.17. The van der Waals surface area contributed by atoms with Crippen LogP contribution in [0.1, 0.15) is 24.0 Å². The molecule has 0 aromatic heterocycles. The smallest absolute Gasteiger partial charge is 0.0725 e. The third-order valence-corrected chi connectivity index (χ3v) is 4.47. The molecule has 1 saturated carbocycles. The van der Waals surface area contributed by atoms with Gasteiger partial charge in [-0.25, -0.2) is 0 Å². The Morgan fingerprint density at radius 3 is 2.94 bits per heavy atom. The molecule has 0 amide bonds. The minimum atomic E-state index is 0.711. The molecule has 2 fully saturated rings. The van der Waals surface area contributed by atoms with E-state index in [0.717, 1.165) is 32.2 Å².